The highest BCUT2D eigenvalue weighted by Crippen LogP contribution is 2.22. The van der Waals surface area contributed by atoms with E-state index in [0.717, 1.165) is 18.2 Å². The van der Waals surface area contributed by atoms with E-state index in [-0.39, 0.29) is 37.9 Å². The number of rotatable bonds is 23. The van der Waals surface area contributed by atoms with E-state index in [1.165, 1.54) is 20.8 Å². The molecule has 0 aliphatic rings. The average molecular weight is 1000 g/mol. The highest BCUT2D eigenvalue weighted by atomic mass is 35.5. The fourth-order valence-corrected chi connectivity index (χ4v) is 6.57. The van der Waals surface area contributed by atoms with E-state index >= 15 is 0 Å². The lowest BCUT2D eigenvalue weighted by Crippen LogP contribution is -2.61. The van der Waals surface area contributed by atoms with E-state index in [0.29, 0.717) is 11.4 Å². The molecule has 2 rings (SSSR count). The van der Waals surface area contributed by atoms with Gasteiger partial charge >= 0.3 is 18.2 Å². The third-order valence-electron chi connectivity index (χ3n) is 9.75. The number of Topliss-reactive ketones (excluding diaryl/α,β-unsaturated/α-hetero) is 1. The van der Waals surface area contributed by atoms with Gasteiger partial charge in [-0.25, -0.2) is 14.4 Å². The summed E-state index contributed by atoms with van der Waals surface area (Å²) in [4.78, 5) is 118. The smallest absolute Gasteiger partial charge is 0.407 e. The van der Waals surface area contributed by atoms with Crippen LogP contribution in [-0.2, 0) is 47.7 Å². The summed E-state index contributed by atoms with van der Waals surface area (Å²) in [6.45, 7) is 19.6. The van der Waals surface area contributed by atoms with E-state index in [9.17, 15) is 43.2 Å². The number of hydrogen-bond donors (Lipinski definition) is 7. The molecule has 70 heavy (non-hydrogen) atoms. The summed E-state index contributed by atoms with van der Waals surface area (Å²) >= 11 is 6.04. The van der Waals surface area contributed by atoms with Crippen molar-refractivity contribution in [2.75, 3.05) is 20.2 Å². The lowest BCUT2D eigenvalue weighted by Gasteiger charge is -2.32. The standard InChI is InChI=1S/C49H72ClN7O13/c1-28(38(58)44(64)67-13)53-41(61)35(16-14-15-26-51-45(65)69-48(7,8)9)55-39(59)29(2)54-43(63)37(30(3)68-47(4,5)6)57-42(62)36(25-27-52-46(66)70-49(10,11)12)56-40(60)33-19-17-31(18-20-33)32-21-23-34(50)24-22-32/h17-24,28-30,35-37H,14-16,25-27H2,1-13H3,(H,51,65)(H,52,66)(H,53,61)(H,54,63)(H,55,59)(H,56,60)(H,57,62)/t28-,29-,30+,35-,36-,37-/m0/s1. The Morgan fingerprint density at radius 1 is 0.543 bits per heavy atom. The van der Waals surface area contributed by atoms with Crippen molar-refractivity contribution in [3.05, 3.63) is 59.1 Å². The number of ketones is 1. The molecule has 6 atom stereocenters. The highest BCUT2D eigenvalue weighted by molar-refractivity contribution is 6.36. The van der Waals surface area contributed by atoms with Crippen LogP contribution in [0, 0.1) is 0 Å². The fourth-order valence-electron chi connectivity index (χ4n) is 6.44. The monoisotopic (exact) mass is 1000 g/mol. The zero-order valence-corrected chi connectivity index (χ0v) is 43.3. The number of alkyl carbamates (subject to hydrolysis) is 2. The Labute approximate surface area is 415 Å². The summed E-state index contributed by atoms with van der Waals surface area (Å²) in [5.41, 5.74) is -0.491. The molecule has 0 heterocycles. The van der Waals surface area contributed by atoms with Crippen molar-refractivity contribution in [2.45, 2.75) is 162 Å². The van der Waals surface area contributed by atoms with Crippen LogP contribution in [0.2, 0.25) is 5.02 Å². The Hall–Kier alpha value is -6.28. The van der Waals surface area contributed by atoms with Crippen molar-refractivity contribution >= 4 is 65.1 Å². The number of carbonyl (C=O) groups excluding carboxylic acids is 9. The van der Waals surface area contributed by atoms with Crippen LogP contribution in [0.25, 0.3) is 11.1 Å². The number of halogens is 1. The van der Waals surface area contributed by atoms with Crippen LogP contribution >= 0.6 is 11.6 Å². The van der Waals surface area contributed by atoms with Crippen LogP contribution in [0.3, 0.4) is 0 Å². The number of carbonyl (C=O) groups is 9. The minimum atomic E-state index is -1.47. The van der Waals surface area contributed by atoms with Gasteiger partial charge in [0.05, 0.1) is 24.9 Å². The predicted octanol–water partition coefficient (Wildman–Crippen LogP) is 4.64. The zero-order valence-electron chi connectivity index (χ0n) is 42.5. The zero-order chi connectivity index (χ0) is 53.1. The number of benzene rings is 2. The molecule has 0 unspecified atom stereocenters. The predicted molar refractivity (Wildman–Crippen MR) is 261 cm³/mol. The van der Waals surface area contributed by atoms with Crippen LogP contribution in [0.4, 0.5) is 9.59 Å². The Balaban J connectivity index is 2.36. The Bertz CT molecular complexity index is 2130. The molecule has 0 fully saturated rings. The van der Waals surface area contributed by atoms with Gasteiger partial charge in [-0.2, -0.15) is 0 Å². The topological polar surface area (TPSA) is 275 Å². The first-order chi connectivity index (χ1) is 32.4. The number of ether oxygens (including phenoxy) is 4. The first-order valence-corrected chi connectivity index (χ1v) is 23.4. The summed E-state index contributed by atoms with van der Waals surface area (Å²) in [7, 11) is 1.01. The molecule has 0 radical (unpaired) electrons. The Morgan fingerprint density at radius 2 is 1.03 bits per heavy atom. The van der Waals surface area contributed by atoms with Crippen molar-refractivity contribution in [1.82, 2.24) is 37.2 Å². The summed E-state index contributed by atoms with van der Waals surface area (Å²) in [5.74, 6) is -6.19. The molecule has 2 aromatic carbocycles. The lowest BCUT2D eigenvalue weighted by atomic mass is 10.0. The Morgan fingerprint density at radius 3 is 1.54 bits per heavy atom. The van der Waals surface area contributed by atoms with Crippen LogP contribution in [0.1, 0.15) is 119 Å². The molecule has 0 aliphatic carbocycles. The van der Waals surface area contributed by atoms with E-state index in [4.69, 9.17) is 25.8 Å². The highest BCUT2D eigenvalue weighted by Gasteiger charge is 2.36. The second-order valence-corrected chi connectivity index (χ2v) is 20.0. The van der Waals surface area contributed by atoms with Gasteiger partial charge in [0.2, 0.25) is 23.6 Å². The molecule has 2 aromatic rings. The Kier molecular flexibility index (Phi) is 23.3. The quantitative estimate of drug-likeness (QED) is 0.0347. The van der Waals surface area contributed by atoms with E-state index in [1.807, 2.05) is 12.1 Å². The van der Waals surface area contributed by atoms with Gasteiger partial charge in [-0.1, -0.05) is 35.9 Å². The molecule has 0 saturated carbocycles. The van der Waals surface area contributed by atoms with Gasteiger partial charge in [0.15, 0.2) is 0 Å². The molecular weight excluding hydrogens is 930 g/mol. The molecule has 20 nitrogen and oxygen atoms in total. The third-order valence-corrected chi connectivity index (χ3v) is 10.0. The van der Waals surface area contributed by atoms with Gasteiger partial charge in [-0.05, 0) is 144 Å². The molecule has 7 amide bonds. The number of unbranched alkanes of at least 4 members (excludes halogenated alkanes) is 1. The maximum Gasteiger partial charge on any atom is 0.407 e. The van der Waals surface area contributed by atoms with Gasteiger partial charge in [-0.3, -0.25) is 28.8 Å². The molecule has 0 saturated heterocycles. The second-order valence-electron chi connectivity index (χ2n) is 19.6. The van der Waals surface area contributed by atoms with E-state index in [2.05, 4.69) is 42.0 Å². The maximum atomic E-state index is 14.2. The van der Waals surface area contributed by atoms with Gasteiger partial charge in [0, 0.05) is 23.7 Å². The molecule has 7 N–H and O–H groups in total. The molecule has 0 bridgehead atoms. The van der Waals surface area contributed by atoms with Crippen molar-refractivity contribution in [2.24, 2.45) is 0 Å². The number of nitrogens with one attached hydrogen (secondary N) is 7. The maximum absolute atomic E-state index is 14.2. The summed E-state index contributed by atoms with van der Waals surface area (Å²) < 4.78 is 21.1. The third kappa shape index (κ3) is 22.4. The van der Waals surface area contributed by atoms with Gasteiger partial charge in [0.1, 0.15) is 35.4 Å². The largest absolute Gasteiger partial charge is 0.463 e. The van der Waals surface area contributed by atoms with Crippen LogP contribution in [0.5, 0.6) is 0 Å². The number of hydrogen-bond acceptors (Lipinski definition) is 13. The molecular formula is C49H72ClN7O13. The van der Waals surface area contributed by atoms with Crippen molar-refractivity contribution in [3.63, 3.8) is 0 Å². The number of esters is 1. The van der Waals surface area contributed by atoms with Gasteiger partial charge in [0.25, 0.3) is 11.7 Å². The molecule has 0 spiro atoms. The summed E-state index contributed by atoms with van der Waals surface area (Å²) in [5, 5.41) is 18.7. The van der Waals surface area contributed by atoms with Crippen LogP contribution in [-0.4, -0.2) is 127 Å². The summed E-state index contributed by atoms with van der Waals surface area (Å²) in [6.07, 6.45) is -1.94. The minimum Gasteiger partial charge on any atom is -0.463 e. The second kappa shape index (κ2) is 27.2. The van der Waals surface area contributed by atoms with Gasteiger partial charge in [-0.15, -0.1) is 0 Å². The SMILES string of the molecule is COC(=O)C(=O)[C@H](C)NC(=O)[C@H](CCCCNC(=O)OC(C)(C)C)NC(=O)[C@H](C)NC(=O)[C@@H](NC(=O)[C@H](CCNC(=O)OC(C)(C)C)NC(=O)c1ccc(-c2ccc(Cl)cc2)cc1)[C@@H](C)OC(C)(C)C. The van der Waals surface area contributed by atoms with Crippen molar-refractivity contribution in [3.8, 4) is 11.1 Å². The molecule has 0 aliphatic heterocycles. The molecule has 21 heteroatoms. The normalized spacial score (nSPS) is 14.1. The fraction of sp³-hybridized carbons (Fsp3) is 0.571. The number of methoxy groups -OCH3 is 1. The first-order valence-electron chi connectivity index (χ1n) is 23.0. The van der Waals surface area contributed by atoms with Crippen LogP contribution in [0.15, 0.2) is 48.5 Å². The van der Waals surface area contributed by atoms with Gasteiger partial charge < -0.3 is 56.2 Å². The minimum absolute atomic E-state index is 0.00486. The van der Waals surface area contributed by atoms with Crippen molar-refractivity contribution < 1.29 is 62.1 Å². The number of amides is 7. The van der Waals surface area contributed by atoms with Crippen molar-refractivity contribution in [1.29, 1.82) is 0 Å². The first kappa shape index (κ1) is 59.8. The molecule has 0 aromatic heterocycles. The lowest BCUT2D eigenvalue weighted by molar-refractivity contribution is -0.152. The summed E-state index contributed by atoms with van der Waals surface area (Å²) in [6, 6.07) is 7.01. The van der Waals surface area contributed by atoms with E-state index < -0.39 is 107 Å². The van der Waals surface area contributed by atoms with E-state index in [1.54, 1.807) is 98.7 Å². The van der Waals surface area contributed by atoms with Crippen LogP contribution < -0.4 is 37.2 Å². The average Bonchev–Trinajstić information content (AvgIpc) is 3.24. The molecule has 388 valence electrons.